The number of amides is 1. The summed E-state index contributed by atoms with van der Waals surface area (Å²) in [6.45, 7) is 4.01. The number of fused-ring (bicyclic) bond motifs is 1. The third kappa shape index (κ3) is 3.77. The monoisotopic (exact) mass is 377 g/mol. The lowest BCUT2D eigenvalue weighted by Crippen LogP contribution is -2.25. The van der Waals surface area contributed by atoms with Crippen LogP contribution in [0.2, 0.25) is 0 Å². The van der Waals surface area contributed by atoms with Crippen molar-refractivity contribution in [3.8, 4) is 10.4 Å². The van der Waals surface area contributed by atoms with E-state index in [0.29, 0.717) is 29.3 Å². The molecule has 3 rings (SSSR count). The Morgan fingerprint density at radius 1 is 1.46 bits per heavy atom. The largest absolute Gasteiger partial charge is 0.352 e. The van der Waals surface area contributed by atoms with E-state index in [9.17, 15) is 9.59 Å². The van der Waals surface area contributed by atoms with Crippen LogP contribution >= 0.6 is 34.4 Å². The molecule has 8 heteroatoms. The minimum Gasteiger partial charge on any atom is -0.352 e. The Bertz CT molecular complexity index is 912. The third-order valence-corrected chi connectivity index (χ3v) is 5.91. The fraction of sp³-hybridized carbons (Fsp3) is 0.188. The molecule has 0 bridgehead atoms. The zero-order valence-corrected chi connectivity index (χ0v) is 15.2. The predicted octanol–water partition coefficient (Wildman–Crippen LogP) is 3.25. The number of aromatic amines is 1. The molecule has 0 saturated carbocycles. The molecule has 5 nitrogen and oxygen atoms in total. The van der Waals surface area contributed by atoms with Crippen molar-refractivity contribution in [2.24, 2.45) is 0 Å². The van der Waals surface area contributed by atoms with E-state index in [0.717, 1.165) is 15.3 Å². The number of aromatic nitrogens is 2. The number of nitrogens with zero attached hydrogens (tertiary/aromatic N) is 1. The lowest BCUT2D eigenvalue weighted by molar-refractivity contribution is -0.118. The Labute approximate surface area is 150 Å². The zero-order valence-electron chi connectivity index (χ0n) is 12.7. The molecule has 24 heavy (non-hydrogen) atoms. The van der Waals surface area contributed by atoms with E-state index < -0.39 is 0 Å². The molecule has 0 radical (unpaired) electrons. The Kier molecular flexibility index (Phi) is 5.49. The highest BCUT2D eigenvalue weighted by molar-refractivity contribution is 7.99. The Balaban J connectivity index is 1.74. The lowest BCUT2D eigenvalue weighted by Gasteiger charge is -2.03. The van der Waals surface area contributed by atoms with Crippen LogP contribution in [0.25, 0.3) is 20.7 Å². The summed E-state index contributed by atoms with van der Waals surface area (Å²) >= 11 is 4.48. The van der Waals surface area contributed by atoms with Crippen LogP contribution in [0.4, 0.5) is 0 Å². The van der Waals surface area contributed by atoms with Crippen LogP contribution in [0.15, 0.2) is 40.3 Å². The molecule has 3 heterocycles. The van der Waals surface area contributed by atoms with Crippen LogP contribution in [0.1, 0.15) is 5.82 Å². The van der Waals surface area contributed by atoms with E-state index in [1.807, 2.05) is 22.9 Å². The van der Waals surface area contributed by atoms with E-state index in [1.54, 1.807) is 17.4 Å². The number of hydrogen-bond donors (Lipinski definition) is 2. The summed E-state index contributed by atoms with van der Waals surface area (Å²) < 4.78 is 0. The van der Waals surface area contributed by atoms with E-state index in [-0.39, 0.29) is 11.5 Å². The molecule has 0 aliphatic carbocycles. The van der Waals surface area contributed by atoms with E-state index in [2.05, 4.69) is 21.9 Å². The second-order valence-electron chi connectivity index (χ2n) is 4.91. The highest BCUT2D eigenvalue weighted by atomic mass is 32.2. The van der Waals surface area contributed by atoms with Gasteiger partial charge in [0.1, 0.15) is 10.7 Å². The average molecular weight is 378 g/mol. The van der Waals surface area contributed by atoms with Crippen LogP contribution in [0.5, 0.6) is 0 Å². The molecule has 3 aromatic rings. The van der Waals surface area contributed by atoms with Crippen LogP contribution < -0.4 is 10.9 Å². The number of hydrogen-bond acceptors (Lipinski definition) is 6. The molecule has 0 unspecified atom stereocenters. The van der Waals surface area contributed by atoms with Crippen LogP contribution in [-0.2, 0) is 10.5 Å². The van der Waals surface area contributed by atoms with Crippen molar-refractivity contribution < 1.29 is 4.79 Å². The SMILES string of the molecule is C=CCNC(=O)CSCc1nc2scc(-c3cccs3)c2c(=O)[nH]1. The molecule has 0 aromatic carbocycles. The minimum absolute atomic E-state index is 0.0561. The Hall–Kier alpha value is -1.90. The van der Waals surface area contributed by atoms with Crippen molar-refractivity contribution in [1.82, 2.24) is 15.3 Å². The van der Waals surface area contributed by atoms with Gasteiger partial charge in [-0.3, -0.25) is 9.59 Å². The predicted molar refractivity (Wildman–Crippen MR) is 103 cm³/mol. The van der Waals surface area contributed by atoms with E-state index in [1.165, 1.54) is 23.1 Å². The van der Waals surface area contributed by atoms with Gasteiger partial charge in [-0.25, -0.2) is 4.98 Å². The smallest absolute Gasteiger partial charge is 0.260 e. The maximum absolute atomic E-state index is 12.4. The summed E-state index contributed by atoms with van der Waals surface area (Å²) in [5.41, 5.74) is 0.804. The number of nitrogens with one attached hydrogen (secondary N) is 2. The summed E-state index contributed by atoms with van der Waals surface area (Å²) in [4.78, 5) is 33.1. The van der Waals surface area contributed by atoms with Crippen molar-refractivity contribution >= 4 is 50.6 Å². The minimum atomic E-state index is -0.128. The molecule has 0 aliphatic rings. The first-order valence-corrected chi connectivity index (χ1v) is 10.1. The maximum atomic E-state index is 12.4. The normalized spacial score (nSPS) is 10.8. The van der Waals surface area contributed by atoms with Crippen molar-refractivity contribution in [3.05, 3.63) is 51.7 Å². The first-order chi connectivity index (χ1) is 11.7. The van der Waals surface area contributed by atoms with Crippen LogP contribution in [0, 0.1) is 0 Å². The fourth-order valence-electron chi connectivity index (χ4n) is 2.15. The molecule has 0 saturated heterocycles. The summed E-state index contributed by atoms with van der Waals surface area (Å²) in [5.74, 6) is 1.34. The average Bonchev–Trinajstić information content (AvgIpc) is 3.21. The summed E-state index contributed by atoms with van der Waals surface area (Å²) in [5, 5.41) is 7.31. The second kappa shape index (κ2) is 7.78. The molecule has 2 N–H and O–H groups in total. The molecule has 0 fully saturated rings. The van der Waals surface area contributed by atoms with Gasteiger partial charge in [0.05, 0.1) is 16.9 Å². The van der Waals surface area contributed by atoms with E-state index >= 15 is 0 Å². The van der Waals surface area contributed by atoms with Crippen molar-refractivity contribution in [2.75, 3.05) is 12.3 Å². The molecule has 124 valence electrons. The molecule has 0 spiro atoms. The number of H-pyrrole nitrogens is 1. The van der Waals surface area contributed by atoms with Gasteiger partial charge in [-0.15, -0.1) is 41.0 Å². The fourth-order valence-corrected chi connectivity index (χ4v) is 4.65. The number of rotatable bonds is 7. The number of carbonyl (C=O) groups is 1. The van der Waals surface area contributed by atoms with Crippen molar-refractivity contribution in [1.29, 1.82) is 0 Å². The van der Waals surface area contributed by atoms with Crippen molar-refractivity contribution in [3.63, 3.8) is 0 Å². The Morgan fingerprint density at radius 2 is 2.33 bits per heavy atom. The molecule has 0 atom stereocenters. The quantitative estimate of drug-likeness (QED) is 0.620. The first kappa shape index (κ1) is 16.9. The van der Waals surface area contributed by atoms with Gasteiger partial charge in [0.25, 0.3) is 5.56 Å². The Morgan fingerprint density at radius 3 is 3.08 bits per heavy atom. The van der Waals surface area contributed by atoms with Gasteiger partial charge in [0, 0.05) is 22.4 Å². The molecular weight excluding hydrogens is 362 g/mol. The van der Waals surface area contributed by atoms with Gasteiger partial charge in [-0.1, -0.05) is 12.1 Å². The zero-order chi connectivity index (χ0) is 16.9. The van der Waals surface area contributed by atoms with Gasteiger partial charge in [-0.05, 0) is 11.4 Å². The maximum Gasteiger partial charge on any atom is 0.260 e. The second-order valence-corrected chi connectivity index (χ2v) is 7.70. The summed E-state index contributed by atoms with van der Waals surface area (Å²) in [6.07, 6.45) is 1.64. The van der Waals surface area contributed by atoms with Gasteiger partial charge in [-0.2, -0.15) is 0 Å². The van der Waals surface area contributed by atoms with Crippen LogP contribution in [0.3, 0.4) is 0 Å². The number of thiophene rings is 2. The first-order valence-electron chi connectivity index (χ1n) is 7.18. The molecule has 1 amide bonds. The molecular formula is C16H15N3O2S3. The standard InChI is InChI=1S/C16H15N3O2S3/c1-2-5-17-13(20)9-22-8-12-18-15(21)14-10(7-24-16(14)19-12)11-4-3-6-23-11/h2-4,6-7H,1,5,8-9H2,(H,17,20)(H,18,19,21). The molecule has 3 aromatic heterocycles. The van der Waals surface area contributed by atoms with E-state index in [4.69, 9.17) is 0 Å². The lowest BCUT2D eigenvalue weighted by atomic mass is 10.2. The number of carbonyl (C=O) groups excluding carboxylic acids is 1. The highest BCUT2D eigenvalue weighted by Crippen LogP contribution is 2.33. The van der Waals surface area contributed by atoms with Gasteiger partial charge in [0.2, 0.25) is 5.91 Å². The van der Waals surface area contributed by atoms with Gasteiger partial charge < -0.3 is 10.3 Å². The van der Waals surface area contributed by atoms with Crippen molar-refractivity contribution in [2.45, 2.75) is 5.75 Å². The van der Waals surface area contributed by atoms with Gasteiger partial charge >= 0.3 is 0 Å². The third-order valence-electron chi connectivity index (χ3n) is 3.20. The highest BCUT2D eigenvalue weighted by Gasteiger charge is 2.13. The molecule has 0 aliphatic heterocycles. The summed E-state index contributed by atoms with van der Waals surface area (Å²) in [7, 11) is 0. The van der Waals surface area contributed by atoms with Crippen LogP contribution in [-0.4, -0.2) is 28.2 Å². The van der Waals surface area contributed by atoms with Gasteiger partial charge in [0.15, 0.2) is 0 Å². The number of thioether (sulfide) groups is 1. The topological polar surface area (TPSA) is 74.8 Å². The summed E-state index contributed by atoms with van der Waals surface area (Å²) in [6, 6.07) is 3.96.